The molecule has 4 heterocycles. The number of aryl methyl sites for hydroxylation is 1. The van der Waals surface area contributed by atoms with E-state index >= 15 is 0 Å². The molecule has 0 radical (unpaired) electrons. The lowest BCUT2D eigenvalue weighted by atomic mass is 10.1. The Morgan fingerprint density at radius 3 is 2.48 bits per heavy atom. The molecule has 4 aromatic rings. The highest BCUT2D eigenvalue weighted by atomic mass is 32.1. The summed E-state index contributed by atoms with van der Waals surface area (Å²) in [6.45, 7) is -0.979. The molecular weight excluding hydrogens is 455 g/mol. The van der Waals surface area contributed by atoms with Gasteiger partial charge in [-0.1, -0.05) is 0 Å². The van der Waals surface area contributed by atoms with Gasteiger partial charge in [-0.2, -0.15) is 23.4 Å². The summed E-state index contributed by atoms with van der Waals surface area (Å²) in [6, 6.07) is 1.60. The van der Waals surface area contributed by atoms with Gasteiger partial charge in [0.1, 0.15) is 6.54 Å². The molecule has 0 spiro atoms. The van der Waals surface area contributed by atoms with E-state index in [9.17, 15) is 18.0 Å². The van der Waals surface area contributed by atoms with Gasteiger partial charge in [0.15, 0.2) is 5.65 Å². The second-order valence-electron chi connectivity index (χ2n) is 7.92. The van der Waals surface area contributed by atoms with E-state index in [1.807, 2.05) is 19.4 Å². The highest BCUT2D eigenvalue weighted by Gasteiger charge is 2.33. The van der Waals surface area contributed by atoms with Crippen LogP contribution in [0.2, 0.25) is 0 Å². The molecule has 0 bridgehead atoms. The quantitative estimate of drug-likeness (QED) is 0.408. The second kappa shape index (κ2) is 8.94. The zero-order valence-electron chi connectivity index (χ0n) is 18.2. The van der Waals surface area contributed by atoms with Crippen LogP contribution >= 0.6 is 11.3 Å². The molecule has 0 aliphatic heterocycles. The standard InChI is InChI=1S/C21H22F3N7OS/c1-28(2)4-5-30(13-21(22,23)24)20(32)18-6-14(12-33-18)17-9-27-31-11-15(7-25-19(17)31)16-8-26-29(3)10-16/h6-12H,4-5,13H2,1-3H3. The number of hydrogen-bond donors (Lipinski definition) is 0. The molecule has 0 aromatic carbocycles. The number of hydrogen-bond acceptors (Lipinski definition) is 6. The minimum Gasteiger partial charge on any atom is -0.328 e. The van der Waals surface area contributed by atoms with Crippen molar-refractivity contribution in [3.05, 3.63) is 47.3 Å². The van der Waals surface area contributed by atoms with E-state index < -0.39 is 18.6 Å². The van der Waals surface area contributed by atoms with Crippen LogP contribution in [-0.2, 0) is 7.05 Å². The maximum atomic E-state index is 13.0. The third-order valence-electron chi connectivity index (χ3n) is 4.99. The number of amides is 1. The molecule has 174 valence electrons. The number of nitrogens with zero attached hydrogens (tertiary/aromatic N) is 7. The predicted octanol–water partition coefficient (Wildman–Crippen LogP) is 3.42. The molecule has 0 aliphatic carbocycles. The third kappa shape index (κ3) is 5.22. The molecule has 0 fully saturated rings. The predicted molar refractivity (Wildman–Crippen MR) is 119 cm³/mol. The van der Waals surface area contributed by atoms with E-state index in [4.69, 9.17) is 0 Å². The van der Waals surface area contributed by atoms with Gasteiger partial charge in [0.2, 0.25) is 0 Å². The Bertz CT molecular complexity index is 1270. The van der Waals surface area contributed by atoms with Crippen LogP contribution in [0, 0.1) is 0 Å². The van der Waals surface area contributed by atoms with E-state index in [1.54, 1.807) is 58.2 Å². The molecule has 1 amide bonds. The lowest BCUT2D eigenvalue weighted by Gasteiger charge is -2.25. The van der Waals surface area contributed by atoms with Gasteiger partial charge in [0.05, 0.1) is 17.3 Å². The molecule has 0 saturated carbocycles. The van der Waals surface area contributed by atoms with Crippen LogP contribution in [0.15, 0.2) is 42.4 Å². The van der Waals surface area contributed by atoms with E-state index in [0.717, 1.165) is 27.4 Å². The maximum absolute atomic E-state index is 13.0. The molecule has 4 rings (SSSR count). The second-order valence-corrected chi connectivity index (χ2v) is 8.83. The van der Waals surface area contributed by atoms with E-state index in [0.29, 0.717) is 23.3 Å². The number of carbonyl (C=O) groups is 1. The van der Waals surface area contributed by atoms with Gasteiger partial charge in [-0.05, 0) is 31.1 Å². The van der Waals surface area contributed by atoms with Crippen molar-refractivity contribution in [2.75, 3.05) is 33.7 Å². The number of halogens is 3. The molecule has 33 heavy (non-hydrogen) atoms. The Hall–Kier alpha value is -3.25. The molecular formula is C21H22F3N7OS. The number of rotatable bonds is 7. The monoisotopic (exact) mass is 477 g/mol. The Labute approximate surface area is 191 Å². The summed E-state index contributed by atoms with van der Waals surface area (Å²) >= 11 is 1.11. The van der Waals surface area contributed by atoms with Crippen molar-refractivity contribution >= 4 is 22.9 Å². The summed E-state index contributed by atoms with van der Waals surface area (Å²) in [7, 11) is 5.32. The summed E-state index contributed by atoms with van der Waals surface area (Å²) in [4.78, 5) is 20.2. The highest BCUT2D eigenvalue weighted by Crippen LogP contribution is 2.30. The summed E-state index contributed by atoms with van der Waals surface area (Å²) in [5.74, 6) is -0.645. The van der Waals surface area contributed by atoms with Crippen molar-refractivity contribution in [1.82, 2.24) is 34.2 Å². The number of likely N-dealkylation sites (N-methyl/N-ethyl adjacent to an activating group) is 1. The smallest absolute Gasteiger partial charge is 0.328 e. The van der Waals surface area contributed by atoms with E-state index in [2.05, 4.69) is 15.2 Å². The molecule has 0 saturated heterocycles. The fourth-order valence-electron chi connectivity index (χ4n) is 3.33. The van der Waals surface area contributed by atoms with E-state index in [-0.39, 0.29) is 11.4 Å². The minimum atomic E-state index is -4.47. The Kier molecular flexibility index (Phi) is 6.21. The molecule has 0 N–H and O–H groups in total. The average Bonchev–Trinajstić information content (AvgIpc) is 3.48. The Balaban J connectivity index is 1.59. The SMILES string of the molecule is CN(C)CCN(CC(F)(F)F)C(=O)c1cc(-c2cnn3cc(-c4cnn(C)c4)cnc23)cs1. The minimum absolute atomic E-state index is 0.0199. The average molecular weight is 478 g/mol. The molecule has 8 nitrogen and oxygen atoms in total. The van der Waals surface area contributed by atoms with Crippen molar-refractivity contribution in [2.24, 2.45) is 7.05 Å². The number of fused-ring (bicyclic) bond motifs is 1. The maximum Gasteiger partial charge on any atom is 0.406 e. The van der Waals surface area contributed by atoms with E-state index in [1.165, 1.54) is 0 Å². The first-order chi connectivity index (χ1) is 15.6. The van der Waals surface area contributed by atoms with Gasteiger partial charge in [-0.25, -0.2) is 9.50 Å². The van der Waals surface area contributed by atoms with Crippen LogP contribution in [0.25, 0.3) is 27.9 Å². The van der Waals surface area contributed by atoms with Crippen molar-refractivity contribution in [3.63, 3.8) is 0 Å². The first kappa shape index (κ1) is 22.9. The van der Waals surface area contributed by atoms with Gasteiger partial charge in [-0.15, -0.1) is 11.3 Å². The third-order valence-corrected chi connectivity index (χ3v) is 5.91. The first-order valence-corrected chi connectivity index (χ1v) is 10.9. The van der Waals surface area contributed by atoms with Crippen molar-refractivity contribution in [1.29, 1.82) is 0 Å². The van der Waals surface area contributed by atoms with Gasteiger partial charge >= 0.3 is 6.18 Å². The summed E-state index contributed by atoms with van der Waals surface area (Å²) < 4.78 is 42.4. The Morgan fingerprint density at radius 2 is 1.82 bits per heavy atom. The van der Waals surface area contributed by atoms with Crippen molar-refractivity contribution in [3.8, 4) is 22.3 Å². The van der Waals surface area contributed by atoms with Gasteiger partial charge in [0, 0.05) is 55.4 Å². The molecule has 12 heteroatoms. The zero-order valence-corrected chi connectivity index (χ0v) is 19.1. The fraction of sp³-hybridized carbons (Fsp3) is 0.333. The number of alkyl halides is 3. The number of carbonyl (C=O) groups excluding carboxylic acids is 1. The van der Waals surface area contributed by atoms with Crippen LogP contribution in [-0.4, -0.2) is 80.0 Å². The number of thiophene rings is 1. The van der Waals surface area contributed by atoms with Gasteiger partial charge in [-0.3, -0.25) is 9.48 Å². The largest absolute Gasteiger partial charge is 0.406 e. The highest BCUT2D eigenvalue weighted by molar-refractivity contribution is 7.12. The Morgan fingerprint density at radius 1 is 1.06 bits per heavy atom. The lowest BCUT2D eigenvalue weighted by molar-refractivity contribution is -0.140. The summed E-state index contributed by atoms with van der Waals surface area (Å²) in [6.07, 6.45) is 4.29. The molecule has 0 unspecified atom stereocenters. The summed E-state index contributed by atoms with van der Waals surface area (Å²) in [5, 5.41) is 10.2. The van der Waals surface area contributed by atoms with Crippen molar-refractivity contribution in [2.45, 2.75) is 6.18 Å². The van der Waals surface area contributed by atoms with Crippen LogP contribution in [0.1, 0.15) is 9.67 Å². The van der Waals surface area contributed by atoms with Gasteiger partial charge < -0.3 is 9.80 Å². The van der Waals surface area contributed by atoms with Crippen LogP contribution in [0.5, 0.6) is 0 Å². The van der Waals surface area contributed by atoms with Gasteiger partial charge in [0.25, 0.3) is 5.91 Å². The van der Waals surface area contributed by atoms with Crippen molar-refractivity contribution < 1.29 is 18.0 Å². The molecule has 4 aromatic heterocycles. The molecule has 0 atom stereocenters. The molecule has 0 aliphatic rings. The van der Waals surface area contributed by atoms with Crippen LogP contribution in [0.3, 0.4) is 0 Å². The normalized spacial score (nSPS) is 12.1. The first-order valence-electron chi connectivity index (χ1n) is 10.0. The fourth-order valence-corrected chi connectivity index (χ4v) is 4.21. The number of aromatic nitrogens is 5. The topological polar surface area (TPSA) is 71.6 Å². The van der Waals surface area contributed by atoms with Crippen LogP contribution in [0.4, 0.5) is 13.2 Å². The van der Waals surface area contributed by atoms with Crippen LogP contribution < -0.4 is 0 Å². The summed E-state index contributed by atoms with van der Waals surface area (Å²) in [5.41, 5.74) is 3.70. The lowest BCUT2D eigenvalue weighted by Crippen LogP contribution is -2.42. The zero-order chi connectivity index (χ0) is 23.8.